The second kappa shape index (κ2) is 12.5. The molecule has 4 aromatic rings. The van der Waals surface area contributed by atoms with Gasteiger partial charge in [-0.15, -0.1) is 0 Å². The molecule has 2 heterocycles. The van der Waals surface area contributed by atoms with Crippen LogP contribution in [0, 0.1) is 12.8 Å². The predicted molar refractivity (Wildman–Crippen MR) is 156 cm³/mol. The molecule has 14 heteroatoms. The maximum atomic E-state index is 13.4. The molecule has 9 nitrogen and oxygen atoms in total. The van der Waals surface area contributed by atoms with Crippen molar-refractivity contribution in [2.75, 3.05) is 13.2 Å². The van der Waals surface area contributed by atoms with Gasteiger partial charge in [-0.05, 0) is 74.6 Å². The fourth-order valence-electron chi connectivity index (χ4n) is 5.21. The molecular formula is C32H29F5N4O5. The molecule has 0 saturated heterocycles. The van der Waals surface area contributed by atoms with Crippen LogP contribution in [-0.4, -0.2) is 46.7 Å². The fraction of sp³-hybridized carbons (Fsp3) is 0.312. The third-order valence-corrected chi connectivity index (χ3v) is 7.59. The Bertz CT molecular complexity index is 1790. The number of nitrogens with zero attached hydrogens (tertiary/aromatic N) is 2. The van der Waals surface area contributed by atoms with Crippen molar-refractivity contribution in [3.63, 3.8) is 0 Å². The Morgan fingerprint density at radius 3 is 2.39 bits per heavy atom. The van der Waals surface area contributed by atoms with E-state index in [1.165, 1.54) is 18.3 Å². The molecule has 2 aromatic heterocycles. The zero-order chi connectivity index (χ0) is 33.4. The third-order valence-electron chi connectivity index (χ3n) is 7.59. The van der Waals surface area contributed by atoms with E-state index < -0.39 is 48.2 Å². The molecule has 1 saturated carbocycles. The summed E-state index contributed by atoms with van der Waals surface area (Å²) in [5, 5.41) is 15.0. The van der Waals surface area contributed by atoms with E-state index in [1.807, 2.05) is 0 Å². The van der Waals surface area contributed by atoms with Crippen molar-refractivity contribution in [1.82, 2.24) is 15.3 Å². The molecule has 4 N–H and O–H groups in total. The van der Waals surface area contributed by atoms with Gasteiger partial charge in [-0.1, -0.05) is 12.1 Å². The second-order valence-corrected chi connectivity index (χ2v) is 10.9. The maximum absolute atomic E-state index is 13.4. The Kier molecular flexibility index (Phi) is 8.85. The number of amides is 2. The van der Waals surface area contributed by atoms with Crippen molar-refractivity contribution in [3.05, 3.63) is 82.7 Å². The highest BCUT2D eigenvalue weighted by atomic mass is 19.4. The second-order valence-electron chi connectivity index (χ2n) is 10.9. The number of hydrogen-bond acceptors (Lipinski definition) is 7. The first kappa shape index (κ1) is 32.5. The van der Waals surface area contributed by atoms with Crippen LogP contribution in [0.4, 0.5) is 22.0 Å². The molecule has 0 bridgehead atoms. The minimum absolute atomic E-state index is 0.0292. The summed E-state index contributed by atoms with van der Waals surface area (Å²) in [5.74, 6) is -2.47. The Balaban J connectivity index is 1.54. The van der Waals surface area contributed by atoms with Gasteiger partial charge >= 0.3 is 12.8 Å². The Hall–Kier alpha value is -4.85. The van der Waals surface area contributed by atoms with Crippen LogP contribution in [0.2, 0.25) is 0 Å². The minimum atomic E-state index is -4.59. The first-order valence-electron chi connectivity index (χ1n) is 14.2. The predicted octanol–water partition coefficient (Wildman–Crippen LogP) is 5.75. The first-order valence-corrected chi connectivity index (χ1v) is 14.2. The molecule has 1 fully saturated rings. The van der Waals surface area contributed by atoms with Crippen molar-refractivity contribution >= 4 is 22.7 Å². The number of alkyl halides is 5. The van der Waals surface area contributed by atoms with E-state index in [2.05, 4.69) is 20.0 Å². The molecule has 46 heavy (non-hydrogen) atoms. The lowest BCUT2D eigenvalue weighted by Crippen LogP contribution is -2.43. The standard InChI is InChI=1S/C32H29F5N4O5/c1-3-45-27-22(28(38)42)13-24(41-26(27)17-4-6-21(7-5-17)32(35,36)37)31(44,20-8-9-20)15-40-29(43)19-11-18-10-16(2)14-39-25(18)23(12-19)46-30(33)34/h4-7,10-14,20,30,44H,3,8-9,15H2,1-2H3,(H2,38,42)(H,40,43)/t31-/m1/s1. The highest BCUT2D eigenvalue weighted by Gasteiger charge is 2.47. The van der Waals surface area contributed by atoms with Crippen molar-refractivity contribution in [3.8, 4) is 22.8 Å². The molecule has 1 aliphatic rings. The smallest absolute Gasteiger partial charge is 0.416 e. The van der Waals surface area contributed by atoms with Crippen LogP contribution in [-0.2, 0) is 11.8 Å². The summed E-state index contributed by atoms with van der Waals surface area (Å²) in [6.07, 6.45) is -2.04. The SMILES string of the molecule is CCOc1c(C(N)=O)cc([C@@](O)(CNC(=O)c2cc(OC(F)F)c3ncc(C)cc3c2)C2CC2)nc1-c1ccc(C(F)(F)F)cc1. The first-order chi connectivity index (χ1) is 21.7. The summed E-state index contributed by atoms with van der Waals surface area (Å²) in [5.41, 5.74) is 3.60. The van der Waals surface area contributed by atoms with E-state index in [9.17, 15) is 36.6 Å². The number of fused-ring (bicyclic) bond motifs is 1. The number of carbonyl (C=O) groups excluding carboxylic acids is 2. The van der Waals surface area contributed by atoms with Gasteiger partial charge in [0.25, 0.3) is 11.8 Å². The number of aliphatic hydroxyl groups is 1. The number of ether oxygens (including phenoxy) is 2. The zero-order valence-electron chi connectivity index (χ0n) is 24.6. The van der Waals surface area contributed by atoms with Crippen LogP contribution >= 0.6 is 0 Å². The highest BCUT2D eigenvalue weighted by molar-refractivity contribution is 6.00. The number of aromatic nitrogens is 2. The number of halogens is 5. The van der Waals surface area contributed by atoms with Gasteiger partial charge < -0.3 is 25.6 Å². The molecule has 1 atom stereocenters. The van der Waals surface area contributed by atoms with Crippen LogP contribution in [0.15, 0.2) is 54.7 Å². The molecule has 0 spiro atoms. The number of benzene rings is 2. The molecule has 2 aromatic carbocycles. The third kappa shape index (κ3) is 6.71. The summed E-state index contributed by atoms with van der Waals surface area (Å²) >= 11 is 0. The monoisotopic (exact) mass is 644 g/mol. The summed E-state index contributed by atoms with van der Waals surface area (Å²) in [7, 11) is 0. The number of nitrogens with two attached hydrogens (primary N) is 1. The van der Waals surface area contributed by atoms with Crippen molar-refractivity contribution in [2.45, 2.75) is 45.1 Å². The molecule has 0 unspecified atom stereocenters. The Morgan fingerprint density at radius 2 is 1.80 bits per heavy atom. The average Bonchev–Trinajstić information content (AvgIpc) is 3.85. The van der Waals surface area contributed by atoms with E-state index in [4.69, 9.17) is 10.5 Å². The quantitative estimate of drug-likeness (QED) is 0.177. The van der Waals surface area contributed by atoms with Gasteiger partial charge in [-0.2, -0.15) is 22.0 Å². The van der Waals surface area contributed by atoms with Crippen LogP contribution in [0.3, 0.4) is 0 Å². The molecule has 1 aliphatic carbocycles. The Labute approximate surface area is 259 Å². The lowest BCUT2D eigenvalue weighted by molar-refractivity contribution is -0.137. The number of aryl methyl sites for hydroxylation is 1. The van der Waals surface area contributed by atoms with Gasteiger partial charge in [0.1, 0.15) is 16.8 Å². The largest absolute Gasteiger partial charge is 0.491 e. The fourth-order valence-corrected chi connectivity index (χ4v) is 5.21. The summed E-state index contributed by atoms with van der Waals surface area (Å²) < 4.78 is 76.3. The normalized spacial score (nSPS) is 14.6. The number of rotatable bonds is 11. The zero-order valence-corrected chi connectivity index (χ0v) is 24.6. The number of carbonyl (C=O) groups is 2. The van der Waals surface area contributed by atoms with E-state index >= 15 is 0 Å². The van der Waals surface area contributed by atoms with Crippen LogP contribution in [0.1, 0.15) is 57.3 Å². The van der Waals surface area contributed by atoms with E-state index in [0.717, 1.165) is 30.3 Å². The summed E-state index contributed by atoms with van der Waals surface area (Å²) in [4.78, 5) is 34.6. The van der Waals surface area contributed by atoms with Crippen molar-refractivity contribution in [1.29, 1.82) is 0 Å². The molecule has 5 rings (SSSR count). The van der Waals surface area contributed by atoms with Gasteiger partial charge in [0.2, 0.25) is 0 Å². The number of primary amides is 1. The van der Waals surface area contributed by atoms with Gasteiger partial charge in [0, 0.05) is 22.7 Å². The van der Waals surface area contributed by atoms with Gasteiger partial charge in [-0.3, -0.25) is 14.6 Å². The molecule has 0 radical (unpaired) electrons. The summed E-state index contributed by atoms with van der Waals surface area (Å²) in [6, 6.07) is 9.48. The molecule has 2 amide bonds. The summed E-state index contributed by atoms with van der Waals surface area (Å²) in [6.45, 7) is -0.153. The topological polar surface area (TPSA) is 137 Å². The number of hydrogen-bond donors (Lipinski definition) is 3. The lowest BCUT2D eigenvalue weighted by atomic mass is 9.90. The Morgan fingerprint density at radius 1 is 1.11 bits per heavy atom. The van der Waals surface area contributed by atoms with E-state index in [-0.39, 0.29) is 51.7 Å². The lowest BCUT2D eigenvalue weighted by Gasteiger charge is -2.29. The van der Waals surface area contributed by atoms with Gasteiger partial charge in [0.15, 0.2) is 11.5 Å². The molecule has 0 aliphatic heterocycles. The average molecular weight is 645 g/mol. The van der Waals surface area contributed by atoms with Gasteiger partial charge in [0.05, 0.1) is 30.0 Å². The van der Waals surface area contributed by atoms with Crippen molar-refractivity contribution in [2.24, 2.45) is 11.7 Å². The van der Waals surface area contributed by atoms with Crippen molar-refractivity contribution < 1.29 is 46.1 Å². The number of nitrogens with one attached hydrogen (secondary N) is 1. The highest BCUT2D eigenvalue weighted by Crippen LogP contribution is 2.47. The van der Waals surface area contributed by atoms with Crippen LogP contribution in [0.5, 0.6) is 11.5 Å². The van der Waals surface area contributed by atoms with E-state index in [1.54, 1.807) is 19.9 Å². The van der Waals surface area contributed by atoms with E-state index in [0.29, 0.717) is 23.8 Å². The molecular weight excluding hydrogens is 615 g/mol. The minimum Gasteiger partial charge on any atom is -0.491 e. The number of pyridine rings is 2. The maximum Gasteiger partial charge on any atom is 0.416 e. The van der Waals surface area contributed by atoms with Crippen LogP contribution in [0.25, 0.3) is 22.2 Å². The van der Waals surface area contributed by atoms with Crippen LogP contribution < -0.4 is 20.5 Å². The molecule has 242 valence electrons. The van der Waals surface area contributed by atoms with Gasteiger partial charge in [-0.25, -0.2) is 4.98 Å².